The van der Waals surface area contributed by atoms with E-state index in [2.05, 4.69) is 0 Å². The largest absolute Gasteiger partial charge is 0.496 e. The maximum atomic E-state index is 8.84. The van der Waals surface area contributed by atoms with Gasteiger partial charge in [-0.3, -0.25) is 0 Å². The normalized spacial score (nSPS) is 8.95. The molecule has 0 heterocycles. The maximum absolute atomic E-state index is 8.84. The summed E-state index contributed by atoms with van der Waals surface area (Å²) in [5.41, 5.74) is 1.29. The lowest BCUT2D eigenvalue weighted by molar-refractivity contribution is 0.370. The Bertz CT molecular complexity index is 576. The van der Waals surface area contributed by atoms with E-state index in [1.807, 2.05) is 19.1 Å². The highest BCUT2D eigenvalue weighted by Gasteiger charge is 2.16. The molecule has 1 aromatic carbocycles. The number of nitriles is 2. The highest BCUT2D eigenvalue weighted by atomic mass is 16.5. The number of allylic oxidation sites excluding steroid dienone is 1. The van der Waals surface area contributed by atoms with Crippen LogP contribution in [0.3, 0.4) is 0 Å². The van der Waals surface area contributed by atoms with Gasteiger partial charge in [0.1, 0.15) is 35.0 Å². The van der Waals surface area contributed by atoms with E-state index in [-0.39, 0.29) is 5.57 Å². The van der Waals surface area contributed by atoms with Gasteiger partial charge in [0.25, 0.3) is 0 Å². The SMILES string of the molecule is COc1cc(OC)c(C=C(C#N)C#N)c(OC)c1C. The number of hydrogen-bond acceptors (Lipinski definition) is 5. The van der Waals surface area contributed by atoms with Crippen LogP contribution in [0.1, 0.15) is 11.1 Å². The monoisotopic (exact) mass is 258 g/mol. The van der Waals surface area contributed by atoms with Crippen molar-refractivity contribution < 1.29 is 14.2 Å². The number of hydrogen-bond donors (Lipinski definition) is 0. The summed E-state index contributed by atoms with van der Waals surface area (Å²) in [7, 11) is 4.56. The van der Waals surface area contributed by atoms with Crippen LogP contribution >= 0.6 is 0 Å². The van der Waals surface area contributed by atoms with E-state index in [9.17, 15) is 0 Å². The van der Waals surface area contributed by atoms with Crippen molar-refractivity contribution in [3.8, 4) is 29.4 Å². The molecule has 0 atom stereocenters. The molecule has 0 aliphatic heterocycles. The van der Waals surface area contributed by atoms with E-state index in [4.69, 9.17) is 24.7 Å². The molecule has 0 radical (unpaired) electrons. The average molecular weight is 258 g/mol. The van der Waals surface area contributed by atoms with Crippen molar-refractivity contribution in [1.29, 1.82) is 10.5 Å². The van der Waals surface area contributed by atoms with Crippen LogP contribution in [0.2, 0.25) is 0 Å². The third-order valence-corrected chi connectivity index (χ3v) is 2.66. The Morgan fingerprint density at radius 1 is 1.05 bits per heavy atom. The van der Waals surface area contributed by atoms with Gasteiger partial charge in [0.2, 0.25) is 0 Å². The second-order valence-electron chi connectivity index (χ2n) is 3.63. The van der Waals surface area contributed by atoms with Gasteiger partial charge in [0.15, 0.2) is 0 Å². The minimum absolute atomic E-state index is 0.0267. The van der Waals surface area contributed by atoms with Gasteiger partial charge < -0.3 is 14.2 Å². The molecule has 98 valence electrons. The van der Waals surface area contributed by atoms with Crippen molar-refractivity contribution in [2.75, 3.05) is 21.3 Å². The third-order valence-electron chi connectivity index (χ3n) is 2.66. The van der Waals surface area contributed by atoms with E-state index in [1.54, 1.807) is 13.2 Å². The van der Waals surface area contributed by atoms with Crippen LogP contribution in [-0.2, 0) is 0 Å². The Hall–Kier alpha value is -2.66. The fourth-order valence-electron chi connectivity index (χ4n) is 1.75. The van der Waals surface area contributed by atoms with Crippen molar-refractivity contribution in [1.82, 2.24) is 0 Å². The molecule has 0 aliphatic carbocycles. The van der Waals surface area contributed by atoms with Crippen LogP contribution in [0.15, 0.2) is 11.6 Å². The Morgan fingerprint density at radius 2 is 1.63 bits per heavy atom. The highest BCUT2D eigenvalue weighted by molar-refractivity contribution is 5.74. The van der Waals surface area contributed by atoms with Gasteiger partial charge in [-0.15, -0.1) is 0 Å². The summed E-state index contributed by atoms with van der Waals surface area (Å²) >= 11 is 0. The molecule has 0 aliphatic rings. The van der Waals surface area contributed by atoms with Crippen LogP contribution in [0.5, 0.6) is 17.2 Å². The van der Waals surface area contributed by atoms with Crippen molar-refractivity contribution in [2.45, 2.75) is 6.92 Å². The summed E-state index contributed by atoms with van der Waals surface area (Å²) in [5, 5.41) is 17.7. The first-order valence-electron chi connectivity index (χ1n) is 5.44. The predicted octanol–water partition coefficient (Wildman–Crippen LogP) is 2.45. The van der Waals surface area contributed by atoms with E-state index in [0.717, 1.165) is 5.56 Å². The lowest BCUT2D eigenvalue weighted by atomic mass is 10.0. The summed E-state index contributed by atoms with van der Waals surface area (Å²) in [6.45, 7) is 1.83. The Kier molecular flexibility index (Phi) is 4.79. The molecule has 0 spiro atoms. The summed E-state index contributed by atoms with van der Waals surface area (Å²) in [4.78, 5) is 0. The highest BCUT2D eigenvalue weighted by Crippen LogP contribution is 2.39. The Labute approximate surface area is 112 Å². The number of rotatable bonds is 4. The van der Waals surface area contributed by atoms with Gasteiger partial charge in [-0.25, -0.2) is 0 Å². The van der Waals surface area contributed by atoms with Crippen LogP contribution in [0, 0.1) is 29.6 Å². The number of ether oxygens (including phenoxy) is 3. The molecule has 1 aromatic rings. The second-order valence-corrected chi connectivity index (χ2v) is 3.63. The molecule has 0 amide bonds. The molecule has 0 saturated heterocycles. The fraction of sp³-hybridized carbons (Fsp3) is 0.286. The molecule has 0 unspecified atom stereocenters. The van der Waals surface area contributed by atoms with Crippen LogP contribution in [0.4, 0.5) is 0 Å². The second kappa shape index (κ2) is 6.32. The summed E-state index contributed by atoms with van der Waals surface area (Å²) in [5.74, 6) is 1.60. The van der Waals surface area contributed by atoms with Crippen molar-refractivity contribution in [3.63, 3.8) is 0 Å². The summed E-state index contributed by atoms with van der Waals surface area (Å²) in [6.07, 6.45) is 1.43. The van der Waals surface area contributed by atoms with Gasteiger partial charge in [0, 0.05) is 11.6 Å². The van der Waals surface area contributed by atoms with Gasteiger partial charge in [-0.2, -0.15) is 10.5 Å². The van der Waals surface area contributed by atoms with E-state index in [0.29, 0.717) is 22.8 Å². The van der Waals surface area contributed by atoms with Crippen molar-refractivity contribution in [2.24, 2.45) is 0 Å². The number of nitrogens with zero attached hydrogens (tertiary/aromatic N) is 2. The van der Waals surface area contributed by atoms with E-state index >= 15 is 0 Å². The molecule has 1 rings (SSSR count). The maximum Gasteiger partial charge on any atom is 0.136 e. The average Bonchev–Trinajstić information content (AvgIpc) is 2.44. The zero-order valence-electron chi connectivity index (χ0n) is 11.3. The quantitative estimate of drug-likeness (QED) is 0.775. The zero-order chi connectivity index (χ0) is 14.4. The summed E-state index contributed by atoms with van der Waals surface area (Å²) in [6, 6.07) is 5.31. The van der Waals surface area contributed by atoms with E-state index in [1.165, 1.54) is 20.3 Å². The molecular weight excluding hydrogens is 244 g/mol. The molecule has 0 N–H and O–H groups in total. The number of methoxy groups -OCH3 is 3. The van der Waals surface area contributed by atoms with Crippen molar-refractivity contribution >= 4 is 6.08 Å². The molecule has 5 heteroatoms. The van der Waals surface area contributed by atoms with Gasteiger partial charge in [-0.1, -0.05) is 0 Å². The molecule has 5 nitrogen and oxygen atoms in total. The minimum atomic E-state index is -0.0267. The Morgan fingerprint density at radius 3 is 2.05 bits per heavy atom. The van der Waals surface area contributed by atoms with Gasteiger partial charge >= 0.3 is 0 Å². The third kappa shape index (κ3) is 2.78. The fourth-order valence-corrected chi connectivity index (χ4v) is 1.75. The first-order valence-corrected chi connectivity index (χ1v) is 5.44. The zero-order valence-corrected chi connectivity index (χ0v) is 11.3. The predicted molar refractivity (Wildman–Crippen MR) is 70.0 cm³/mol. The first kappa shape index (κ1) is 14.4. The van der Waals surface area contributed by atoms with Gasteiger partial charge in [0.05, 0.1) is 26.9 Å². The smallest absolute Gasteiger partial charge is 0.136 e. The molecular formula is C14H14N2O3. The van der Waals surface area contributed by atoms with Crippen LogP contribution < -0.4 is 14.2 Å². The van der Waals surface area contributed by atoms with Crippen LogP contribution in [0.25, 0.3) is 6.08 Å². The van der Waals surface area contributed by atoms with E-state index < -0.39 is 0 Å². The Balaban J connectivity index is 3.63. The molecule has 0 fully saturated rings. The molecule has 19 heavy (non-hydrogen) atoms. The molecule has 0 saturated carbocycles. The topological polar surface area (TPSA) is 75.3 Å². The summed E-state index contributed by atoms with van der Waals surface area (Å²) < 4.78 is 15.8. The first-order chi connectivity index (χ1) is 9.12. The van der Waals surface area contributed by atoms with Crippen LogP contribution in [-0.4, -0.2) is 21.3 Å². The van der Waals surface area contributed by atoms with Crippen molar-refractivity contribution in [3.05, 3.63) is 22.8 Å². The lowest BCUT2D eigenvalue weighted by Gasteiger charge is -2.16. The number of benzene rings is 1. The molecule has 0 bridgehead atoms. The molecule has 0 aromatic heterocycles. The minimum Gasteiger partial charge on any atom is -0.496 e. The standard InChI is InChI=1S/C14H14N2O3/c1-9-12(17-2)6-13(18-3)11(14(9)19-4)5-10(7-15)8-16/h5-6H,1-4H3. The van der Waals surface area contributed by atoms with Gasteiger partial charge in [-0.05, 0) is 13.0 Å². The lowest BCUT2D eigenvalue weighted by Crippen LogP contribution is -1.99.